The van der Waals surface area contributed by atoms with Crippen molar-refractivity contribution in [1.29, 1.82) is 0 Å². The van der Waals surface area contributed by atoms with Crippen LogP contribution in [0.2, 0.25) is 0 Å². The highest BCUT2D eigenvalue weighted by Gasteiger charge is 2.19. The summed E-state index contributed by atoms with van der Waals surface area (Å²) in [7, 11) is 0. The van der Waals surface area contributed by atoms with Gasteiger partial charge in [0, 0.05) is 54.4 Å². The Morgan fingerprint density at radius 1 is 0.323 bits per heavy atom. The van der Waals surface area contributed by atoms with E-state index in [1.807, 2.05) is 60.7 Å². The minimum atomic E-state index is 0.626. The van der Waals surface area contributed by atoms with Gasteiger partial charge in [0.15, 0.2) is 23.3 Å². The molecule has 0 saturated carbocycles. The largest absolute Gasteiger partial charge is 0.309 e. The molecule has 0 aliphatic carbocycles. The molecule has 0 spiro atoms. The molecule has 0 atom stereocenters. The lowest BCUT2D eigenvalue weighted by atomic mass is 10.00. The van der Waals surface area contributed by atoms with E-state index in [9.17, 15) is 0 Å². The van der Waals surface area contributed by atoms with Gasteiger partial charge >= 0.3 is 0 Å². The molecule has 8 aromatic carbocycles. The first-order valence-corrected chi connectivity index (χ1v) is 21.4. The van der Waals surface area contributed by atoms with Gasteiger partial charge < -0.3 is 4.57 Å². The van der Waals surface area contributed by atoms with E-state index in [1.165, 1.54) is 15.6 Å². The number of aromatic nitrogens is 6. The molecule has 0 bridgehead atoms. The SMILES string of the molecule is c1ccc(-c2nc(-c3ccccc3)nc(-c3ccc(-c4cccc(-c5nc(-c6ccc7c(c6)c6ccccc6n7-c6ccccc6)nc6c5sc5ccccc56)c4)cc3)n2)cc1. The number of benzene rings is 8. The Hall–Kier alpha value is -8.13. The van der Waals surface area contributed by atoms with Crippen LogP contribution in [0.5, 0.6) is 0 Å². The van der Waals surface area contributed by atoms with Gasteiger partial charge in [0.25, 0.3) is 0 Å². The first kappa shape index (κ1) is 35.8. The molecule has 7 heteroatoms. The Balaban J connectivity index is 0.958. The first-order chi connectivity index (χ1) is 30.7. The highest BCUT2D eigenvalue weighted by Crippen LogP contribution is 2.41. The van der Waals surface area contributed by atoms with Gasteiger partial charge in [-0.1, -0.05) is 158 Å². The number of rotatable bonds is 7. The third-order valence-electron chi connectivity index (χ3n) is 11.5. The predicted octanol–water partition coefficient (Wildman–Crippen LogP) is 14.1. The van der Waals surface area contributed by atoms with Crippen molar-refractivity contribution < 1.29 is 0 Å². The molecule has 0 saturated heterocycles. The minimum absolute atomic E-state index is 0.626. The molecule has 0 unspecified atom stereocenters. The molecule has 4 aromatic heterocycles. The van der Waals surface area contributed by atoms with Crippen molar-refractivity contribution in [1.82, 2.24) is 29.5 Å². The van der Waals surface area contributed by atoms with Crippen molar-refractivity contribution >= 4 is 53.4 Å². The van der Waals surface area contributed by atoms with Crippen molar-refractivity contribution in [3.05, 3.63) is 206 Å². The fourth-order valence-corrected chi connectivity index (χ4v) is 9.63. The van der Waals surface area contributed by atoms with Crippen molar-refractivity contribution in [3.8, 4) is 73.6 Å². The van der Waals surface area contributed by atoms with E-state index in [2.05, 4.69) is 150 Å². The van der Waals surface area contributed by atoms with Gasteiger partial charge in [-0.3, -0.25) is 0 Å². The number of hydrogen-bond donors (Lipinski definition) is 0. The topological polar surface area (TPSA) is 69.4 Å². The van der Waals surface area contributed by atoms with Crippen LogP contribution in [0, 0.1) is 0 Å². The van der Waals surface area contributed by atoms with E-state index in [0.29, 0.717) is 23.3 Å². The molecule has 4 heterocycles. The average Bonchev–Trinajstić information content (AvgIpc) is 3.90. The normalized spacial score (nSPS) is 11.5. The molecule has 0 N–H and O–H groups in total. The summed E-state index contributed by atoms with van der Waals surface area (Å²) >= 11 is 1.75. The van der Waals surface area contributed by atoms with Gasteiger partial charge in [-0.25, -0.2) is 24.9 Å². The van der Waals surface area contributed by atoms with Crippen LogP contribution in [0.4, 0.5) is 0 Å². The van der Waals surface area contributed by atoms with Crippen molar-refractivity contribution in [2.24, 2.45) is 0 Å². The average molecular weight is 811 g/mol. The minimum Gasteiger partial charge on any atom is -0.309 e. The summed E-state index contributed by atoms with van der Waals surface area (Å²) < 4.78 is 4.59. The summed E-state index contributed by atoms with van der Waals surface area (Å²) in [6.45, 7) is 0. The maximum absolute atomic E-state index is 5.41. The zero-order valence-electron chi connectivity index (χ0n) is 33.2. The van der Waals surface area contributed by atoms with E-state index in [1.54, 1.807) is 11.3 Å². The van der Waals surface area contributed by atoms with Crippen LogP contribution in [0.15, 0.2) is 206 Å². The predicted molar refractivity (Wildman–Crippen MR) is 255 cm³/mol. The quantitative estimate of drug-likeness (QED) is 0.160. The zero-order valence-corrected chi connectivity index (χ0v) is 34.0. The Labute approximate surface area is 361 Å². The summed E-state index contributed by atoms with van der Waals surface area (Å²) in [6, 6.07) is 71.6. The van der Waals surface area contributed by atoms with Crippen LogP contribution in [-0.4, -0.2) is 29.5 Å². The van der Waals surface area contributed by atoms with Crippen molar-refractivity contribution in [2.75, 3.05) is 0 Å². The van der Waals surface area contributed by atoms with Gasteiger partial charge in [0.05, 0.1) is 26.9 Å². The second-order valence-electron chi connectivity index (χ2n) is 15.3. The molecular formula is C55H34N6S. The molecule has 0 amide bonds. The molecule has 290 valence electrons. The summed E-state index contributed by atoms with van der Waals surface area (Å²) in [5.74, 6) is 2.61. The Bertz CT molecular complexity index is 3560. The summed E-state index contributed by atoms with van der Waals surface area (Å²) in [4.78, 5) is 25.5. The first-order valence-electron chi connectivity index (χ1n) is 20.6. The second-order valence-corrected chi connectivity index (χ2v) is 16.3. The van der Waals surface area contributed by atoms with Gasteiger partial charge in [-0.05, 0) is 59.7 Å². The third kappa shape index (κ3) is 6.22. The summed E-state index contributed by atoms with van der Waals surface area (Å²) in [5, 5.41) is 3.49. The third-order valence-corrected chi connectivity index (χ3v) is 12.6. The smallest absolute Gasteiger partial charge is 0.164 e. The molecule has 62 heavy (non-hydrogen) atoms. The van der Waals surface area contributed by atoms with Gasteiger partial charge in [0.2, 0.25) is 0 Å². The van der Waals surface area contributed by atoms with E-state index in [4.69, 9.17) is 24.9 Å². The van der Waals surface area contributed by atoms with Crippen LogP contribution in [0.1, 0.15) is 0 Å². The van der Waals surface area contributed by atoms with Crippen molar-refractivity contribution in [2.45, 2.75) is 0 Å². The maximum Gasteiger partial charge on any atom is 0.164 e. The summed E-state index contributed by atoms with van der Waals surface area (Å²) in [5.41, 5.74) is 12.3. The lowest BCUT2D eigenvalue weighted by molar-refractivity contribution is 1.07. The second kappa shape index (κ2) is 14.9. The Morgan fingerprint density at radius 2 is 0.839 bits per heavy atom. The molecule has 0 fully saturated rings. The molecule has 0 aliphatic heterocycles. The van der Waals surface area contributed by atoms with E-state index < -0.39 is 0 Å². The standard InChI is InChI=1S/C55H34N6S/c1-4-15-36(16-5-1)52-58-53(37-17-6-2-7-18-37)60-54(59-52)38-29-27-35(28-30-38)39-19-14-20-40(33-39)49-51-50(44-24-11-13-26-48(44)62-51)57-55(56-49)41-31-32-47-45(34-41)43-23-10-12-25-46(43)61(47)42-21-8-3-9-22-42/h1-34H. The highest BCUT2D eigenvalue weighted by molar-refractivity contribution is 7.26. The molecule has 6 nitrogen and oxygen atoms in total. The zero-order chi connectivity index (χ0) is 41.0. The number of para-hydroxylation sites is 2. The van der Waals surface area contributed by atoms with Crippen LogP contribution < -0.4 is 0 Å². The fourth-order valence-electron chi connectivity index (χ4n) is 8.48. The molecule has 0 aliphatic rings. The molecule has 12 aromatic rings. The lowest BCUT2D eigenvalue weighted by Crippen LogP contribution is -2.00. The molecular weight excluding hydrogens is 777 g/mol. The fraction of sp³-hybridized carbons (Fsp3) is 0. The van der Waals surface area contributed by atoms with Gasteiger partial charge in [0.1, 0.15) is 0 Å². The van der Waals surface area contributed by atoms with Crippen LogP contribution in [0.3, 0.4) is 0 Å². The number of nitrogens with zero attached hydrogens (tertiary/aromatic N) is 6. The summed E-state index contributed by atoms with van der Waals surface area (Å²) in [6.07, 6.45) is 0. The molecule has 0 radical (unpaired) electrons. The Morgan fingerprint density at radius 3 is 1.55 bits per heavy atom. The Kier molecular flexibility index (Phi) is 8.57. The molecule has 12 rings (SSSR count). The maximum atomic E-state index is 5.41. The van der Waals surface area contributed by atoms with Crippen LogP contribution in [0.25, 0.3) is 116 Å². The van der Waals surface area contributed by atoms with Gasteiger partial charge in [-0.2, -0.15) is 0 Å². The monoisotopic (exact) mass is 810 g/mol. The van der Waals surface area contributed by atoms with Crippen molar-refractivity contribution in [3.63, 3.8) is 0 Å². The van der Waals surface area contributed by atoms with E-state index in [0.717, 1.165) is 76.8 Å². The van der Waals surface area contributed by atoms with Crippen LogP contribution >= 0.6 is 11.3 Å². The van der Waals surface area contributed by atoms with E-state index in [-0.39, 0.29) is 0 Å². The highest BCUT2D eigenvalue weighted by atomic mass is 32.1. The van der Waals surface area contributed by atoms with Gasteiger partial charge in [-0.15, -0.1) is 11.3 Å². The number of hydrogen-bond acceptors (Lipinski definition) is 6. The van der Waals surface area contributed by atoms with E-state index >= 15 is 0 Å². The van der Waals surface area contributed by atoms with Crippen LogP contribution in [-0.2, 0) is 0 Å². The number of fused-ring (bicyclic) bond motifs is 6. The number of thiophene rings is 1. The lowest BCUT2D eigenvalue weighted by Gasteiger charge is -2.11.